The lowest BCUT2D eigenvalue weighted by atomic mass is 10.1. The van der Waals surface area contributed by atoms with E-state index in [1.807, 2.05) is 60.9 Å². The Morgan fingerprint density at radius 2 is 1.59 bits per heavy atom. The van der Waals surface area contributed by atoms with Crippen LogP contribution < -0.4 is 20.1 Å². The van der Waals surface area contributed by atoms with Crippen molar-refractivity contribution < 1.29 is 19.1 Å². The maximum atomic E-state index is 13.0. The van der Waals surface area contributed by atoms with Gasteiger partial charge in [0.05, 0.1) is 12.7 Å². The van der Waals surface area contributed by atoms with Crippen LogP contribution in [-0.4, -0.2) is 37.0 Å². The van der Waals surface area contributed by atoms with E-state index in [4.69, 9.17) is 9.47 Å². The number of thioether (sulfide) groups is 1. The molecule has 0 saturated heterocycles. The largest absolute Gasteiger partial charge is 0.496 e. The molecule has 3 rings (SSSR count). The standard InChI is InChI=1S/C27H30N2O4S/c1-32-25-15-9-8-14-23(25)26(30)29-24(16-17-34-2)27(31)28-18-20-10-6-7-11-21(20)19-33-22-12-4-3-5-13-22/h3-15,24H,16-19H2,1-2H3,(H,28,31)(H,29,30). The van der Waals surface area contributed by atoms with Crippen LogP contribution in [0.4, 0.5) is 0 Å². The van der Waals surface area contributed by atoms with Gasteiger partial charge >= 0.3 is 0 Å². The summed E-state index contributed by atoms with van der Waals surface area (Å²) in [5.41, 5.74) is 2.35. The molecule has 7 heteroatoms. The second-order valence-corrected chi connectivity index (χ2v) is 8.58. The van der Waals surface area contributed by atoms with Gasteiger partial charge in [-0.25, -0.2) is 0 Å². The number of carbonyl (C=O) groups excluding carboxylic acids is 2. The molecular formula is C27H30N2O4S. The van der Waals surface area contributed by atoms with E-state index in [0.29, 0.717) is 30.9 Å². The Labute approximate surface area is 205 Å². The molecule has 0 aliphatic carbocycles. The lowest BCUT2D eigenvalue weighted by Crippen LogP contribution is -2.47. The minimum Gasteiger partial charge on any atom is -0.496 e. The van der Waals surface area contributed by atoms with Crippen LogP contribution in [0.1, 0.15) is 27.9 Å². The maximum Gasteiger partial charge on any atom is 0.255 e. The number of para-hydroxylation sites is 2. The normalized spacial score (nSPS) is 11.4. The molecule has 0 aliphatic rings. The van der Waals surface area contributed by atoms with E-state index in [1.165, 1.54) is 7.11 Å². The van der Waals surface area contributed by atoms with E-state index in [2.05, 4.69) is 10.6 Å². The van der Waals surface area contributed by atoms with Crippen molar-refractivity contribution in [1.82, 2.24) is 10.6 Å². The first-order valence-electron chi connectivity index (χ1n) is 11.1. The fourth-order valence-electron chi connectivity index (χ4n) is 3.43. The van der Waals surface area contributed by atoms with Crippen molar-refractivity contribution >= 4 is 23.6 Å². The van der Waals surface area contributed by atoms with Crippen LogP contribution in [0, 0.1) is 0 Å². The van der Waals surface area contributed by atoms with Gasteiger partial charge in [-0.05, 0) is 53.8 Å². The lowest BCUT2D eigenvalue weighted by Gasteiger charge is -2.19. The van der Waals surface area contributed by atoms with E-state index in [9.17, 15) is 9.59 Å². The molecule has 0 fully saturated rings. The highest BCUT2D eigenvalue weighted by atomic mass is 32.2. The maximum absolute atomic E-state index is 13.0. The van der Waals surface area contributed by atoms with Crippen molar-refractivity contribution in [2.24, 2.45) is 0 Å². The number of methoxy groups -OCH3 is 1. The second kappa shape index (κ2) is 13.3. The number of nitrogens with one attached hydrogen (secondary N) is 2. The summed E-state index contributed by atoms with van der Waals surface area (Å²) in [5, 5.41) is 5.85. The number of amides is 2. The number of carbonyl (C=O) groups is 2. The fourth-order valence-corrected chi connectivity index (χ4v) is 3.90. The van der Waals surface area contributed by atoms with E-state index >= 15 is 0 Å². The summed E-state index contributed by atoms with van der Waals surface area (Å²) in [6.45, 7) is 0.740. The summed E-state index contributed by atoms with van der Waals surface area (Å²) >= 11 is 1.63. The summed E-state index contributed by atoms with van der Waals surface area (Å²) in [6, 6.07) is 23.8. The van der Waals surface area contributed by atoms with E-state index in [0.717, 1.165) is 22.6 Å². The average molecular weight is 479 g/mol. The fraction of sp³-hybridized carbons (Fsp3) is 0.259. The topological polar surface area (TPSA) is 76.7 Å². The Morgan fingerprint density at radius 3 is 2.32 bits per heavy atom. The zero-order chi connectivity index (χ0) is 24.2. The van der Waals surface area contributed by atoms with Crippen LogP contribution in [-0.2, 0) is 17.9 Å². The van der Waals surface area contributed by atoms with Crippen molar-refractivity contribution in [3.05, 3.63) is 95.6 Å². The molecule has 2 amide bonds. The summed E-state index contributed by atoms with van der Waals surface area (Å²) < 4.78 is 11.2. The Kier molecular flexibility index (Phi) is 9.85. The summed E-state index contributed by atoms with van der Waals surface area (Å²) in [7, 11) is 1.52. The van der Waals surface area contributed by atoms with Gasteiger partial charge in [0.1, 0.15) is 24.1 Å². The van der Waals surface area contributed by atoms with E-state index < -0.39 is 6.04 Å². The highest BCUT2D eigenvalue weighted by Crippen LogP contribution is 2.18. The molecule has 0 spiro atoms. The van der Waals surface area contributed by atoms with Crippen molar-refractivity contribution in [2.45, 2.75) is 25.6 Å². The van der Waals surface area contributed by atoms with Crippen molar-refractivity contribution in [3.63, 3.8) is 0 Å². The SMILES string of the molecule is COc1ccccc1C(=O)NC(CCSC)C(=O)NCc1ccccc1COc1ccccc1. The molecule has 0 bridgehead atoms. The van der Waals surface area contributed by atoms with Gasteiger partial charge in [0.2, 0.25) is 5.91 Å². The molecule has 6 nitrogen and oxygen atoms in total. The van der Waals surface area contributed by atoms with Gasteiger partial charge < -0.3 is 20.1 Å². The van der Waals surface area contributed by atoms with Crippen LogP contribution in [0.2, 0.25) is 0 Å². The average Bonchev–Trinajstić information content (AvgIpc) is 2.89. The number of ether oxygens (including phenoxy) is 2. The van der Waals surface area contributed by atoms with Gasteiger partial charge in [-0.2, -0.15) is 11.8 Å². The predicted molar refractivity (Wildman–Crippen MR) is 136 cm³/mol. The first kappa shape index (κ1) is 25.2. The number of rotatable bonds is 12. The second-order valence-electron chi connectivity index (χ2n) is 7.60. The Balaban J connectivity index is 1.64. The lowest BCUT2D eigenvalue weighted by molar-refractivity contribution is -0.123. The minimum atomic E-state index is -0.655. The van der Waals surface area contributed by atoms with Gasteiger partial charge in [-0.15, -0.1) is 0 Å². The van der Waals surface area contributed by atoms with Gasteiger partial charge in [0.15, 0.2) is 0 Å². The molecule has 34 heavy (non-hydrogen) atoms. The third-order valence-corrected chi connectivity index (χ3v) is 5.94. The van der Waals surface area contributed by atoms with Crippen LogP contribution >= 0.6 is 11.8 Å². The predicted octanol–water partition coefficient (Wildman–Crippen LogP) is 4.44. The third-order valence-electron chi connectivity index (χ3n) is 5.29. The van der Waals surface area contributed by atoms with Crippen LogP contribution in [0.15, 0.2) is 78.9 Å². The molecule has 0 saturated carbocycles. The third kappa shape index (κ3) is 7.28. The van der Waals surface area contributed by atoms with Gasteiger partial charge in [0, 0.05) is 6.54 Å². The van der Waals surface area contributed by atoms with Crippen LogP contribution in [0.25, 0.3) is 0 Å². The minimum absolute atomic E-state index is 0.226. The molecule has 1 unspecified atom stereocenters. The number of benzene rings is 3. The van der Waals surface area contributed by atoms with Crippen molar-refractivity contribution in [1.29, 1.82) is 0 Å². The molecule has 3 aromatic carbocycles. The monoisotopic (exact) mass is 478 g/mol. The zero-order valence-corrected chi connectivity index (χ0v) is 20.3. The first-order chi connectivity index (χ1) is 16.6. The summed E-state index contributed by atoms with van der Waals surface area (Å²) in [5.74, 6) is 1.44. The number of hydrogen-bond acceptors (Lipinski definition) is 5. The van der Waals surface area contributed by atoms with E-state index in [-0.39, 0.29) is 11.8 Å². The van der Waals surface area contributed by atoms with Gasteiger partial charge in [-0.3, -0.25) is 9.59 Å². The molecule has 2 N–H and O–H groups in total. The Bertz CT molecular complexity index is 1070. The first-order valence-corrected chi connectivity index (χ1v) is 12.5. The molecule has 1 atom stereocenters. The molecular weight excluding hydrogens is 448 g/mol. The van der Waals surface area contributed by atoms with Crippen LogP contribution in [0.3, 0.4) is 0 Å². The number of hydrogen-bond donors (Lipinski definition) is 2. The smallest absolute Gasteiger partial charge is 0.255 e. The summed E-state index contributed by atoms with van der Waals surface area (Å²) in [6.07, 6.45) is 2.49. The Hall–Kier alpha value is -3.45. The highest BCUT2D eigenvalue weighted by Gasteiger charge is 2.22. The molecule has 0 heterocycles. The quantitative estimate of drug-likeness (QED) is 0.402. The molecule has 0 aliphatic heterocycles. The molecule has 0 radical (unpaired) electrons. The van der Waals surface area contributed by atoms with Crippen molar-refractivity contribution in [2.75, 3.05) is 19.1 Å². The highest BCUT2D eigenvalue weighted by molar-refractivity contribution is 7.98. The van der Waals surface area contributed by atoms with Gasteiger partial charge in [0.25, 0.3) is 5.91 Å². The van der Waals surface area contributed by atoms with E-state index in [1.54, 1.807) is 36.0 Å². The van der Waals surface area contributed by atoms with Crippen LogP contribution in [0.5, 0.6) is 11.5 Å². The van der Waals surface area contributed by atoms with Gasteiger partial charge in [-0.1, -0.05) is 54.6 Å². The van der Waals surface area contributed by atoms with Crippen molar-refractivity contribution in [3.8, 4) is 11.5 Å². The zero-order valence-electron chi connectivity index (χ0n) is 19.5. The molecule has 178 valence electrons. The Morgan fingerprint density at radius 1 is 0.912 bits per heavy atom. The molecule has 0 aromatic heterocycles. The molecule has 3 aromatic rings. The summed E-state index contributed by atoms with van der Waals surface area (Å²) in [4.78, 5) is 25.9.